The molecule has 15 heavy (non-hydrogen) atoms. The van der Waals surface area contributed by atoms with Gasteiger partial charge in [0.2, 0.25) is 0 Å². The van der Waals surface area contributed by atoms with Crippen molar-refractivity contribution in [2.24, 2.45) is 0 Å². The van der Waals surface area contributed by atoms with E-state index in [0.29, 0.717) is 0 Å². The molecule has 0 bridgehead atoms. The van der Waals surface area contributed by atoms with E-state index in [1.54, 1.807) is 0 Å². The second-order valence-corrected chi connectivity index (χ2v) is 4.18. The summed E-state index contributed by atoms with van der Waals surface area (Å²) in [6.45, 7) is 1.40. The second-order valence-electron chi connectivity index (χ2n) is 2.92. The molecule has 1 nitrogen and oxygen atoms in total. The number of alkyl halides is 3. The van der Waals surface area contributed by atoms with E-state index in [9.17, 15) is 18.0 Å². The van der Waals surface area contributed by atoms with Gasteiger partial charge >= 0.3 is 6.18 Å². The molecule has 0 aliphatic heterocycles. The van der Waals surface area contributed by atoms with Crippen LogP contribution in [0.4, 0.5) is 13.2 Å². The van der Waals surface area contributed by atoms with Crippen molar-refractivity contribution in [3.63, 3.8) is 0 Å². The van der Waals surface area contributed by atoms with Crippen LogP contribution in [0.2, 0.25) is 0 Å². The maximum atomic E-state index is 12.5. The summed E-state index contributed by atoms with van der Waals surface area (Å²) in [5.41, 5.74) is -1.32. The first-order valence-electron chi connectivity index (χ1n) is 3.80. The summed E-state index contributed by atoms with van der Waals surface area (Å²) in [7, 11) is 0. The van der Waals surface area contributed by atoms with E-state index < -0.39 is 22.5 Å². The van der Waals surface area contributed by atoms with Crippen molar-refractivity contribution in [1.82, 2.24) is 0 Å². The highest BCUT2D eigenvalue weighted by molar-refractivity contribution is 9.10. The summed E-state index contributed by atoms with van der Waals surface area (Å²) >= 11 is 8.05. The first kappa shape index (κ1) is 12.5. The molecule has 1 aromatic rings. The number of hydrogen-bond acceptors (Lipinski definition) is 1. The van der Waals surface area contributed by atoms with Gasteiger partial charge in [-0.25, -0.2) is 0 Å². The van der Waals surface area contributed by atoms with Crippen LogP contribution in [0.1, 0.15) is 21.5 Å². The highest BCUT2D eigenvalue weighted by Gasteiger charge is 2.36. The van der Waals surface area contributed by atoms with E-state index in [0.717, 1.165) is 6.07 Å². The standard InChI is InChI=1S/C9H5BrClF3O/c1-4-2-5(10)3-6(9(12,13)14)7(4)8(11)15/h2-3H,1H3. The Balaban J connectivity index is 3.54. The SMILES string of the molecule is Cc1cc(Br)cc(C(F)(F)F)c1C(=O)Cl. The molecule has 1 rings (SSSR count). The third kappa shape index (κ3) is 2.72. The van der Waals surface area contributed by atoms with Gasteiger partial charge in [-0.1, -0.05) is 15.9 Å². The molecule has 0 heterocycles. The first-order chi connectivity index (χ1) is 6.73. The lowest BCUT2D eigenvalue weighted by Gasteiger charge is -2.12. The summed E-state index contributed by atoms with van der Waals surface area (Å²) in [5.74, 6) is 0. The largest absolute Gasteiger partial charge is 0.417 e. The van der Waals surface area contributed by atoms with Crippen LogP contribution in [0.15, 0.2) is 16.6 Å². The van der Waals surface area contributed by atoms with Crippen LogP contribution in [0.5, 0.6) is 0 Å². The Kier molecular flexibility index (Phi) is 3.45. The molecule has 0 aliphatic rings. The van der Waals surface area contributed by atoms with Gasteiger partial charge in [-0.3, -0.25) is 4.79 Å². The zero-order valence-corrected chi connectivity index (χ0v) is 9.79. The summed E-state index contributed by atoms with van der Waals surface area (Å²) in [5, 5.41) is -1.10. The Morgan fingerprint density at radius 1 is 1.40 bits per heavy atom. The zero-order valence-electron chi connectivity index (χ0n) is 7.45. The lowest BCUT2D eigenvalue weighted by Crippen LogP contribution is -2.12. The lowest BCUT2D eigenvalue weighted by molar-refractivity contribution is -0.137. The summed E-state index contributed by atoms with van der Waals surface area (Å²) < 4.78 is 37.9. The molecule has 0 unspecified atom stereocenters. The minimum absolute atomic E-state index is 0.191. The number of halogens is 5. The van der Waals surface area contributed by atoms with E-state index >= 15 is 0 Å². The van der Waals surface area contributed by atoms with Crippen molar-refractivity contribution in [3.05, 3.63) is 33.3 Å². The summed E-state index contributed by atoms with van der Waals surface area (Å²) in [6.07, 6.45) is -4.59. The third-order valence-electron chi connectivity index (χ3n) is 1.80. The number of carbonyl (C=O) groups excluding carboxylic acids is 1. The Morgan fingerprint density at radius 3 is 2.33 bits per heavy atom. The predicted octanol–water partition coefficient (Wildman–Crippen LogP) is 4.16. The van der Waals surface area contributed by atoms with Crippen LogP contribution in [0.25, 0.3) is 0 Å². The van der Waals surface area contributed by atoms with Crippen LogP contribution in [0.3, 0.4) is 0 Å². The minimum Gasteiger partial charge on any atom is -0.276 e. The fraction of sp³-hybridized carbons (Fsp3) is 0.222. The number of aryl methyl sites for hydroxylation is 1. The van der Waals surface area contributed by atoms with E-state index in [4.69, 9.17) is 11.6 Å². The average Bonchev–Trinajstić information content (AvgIpc) is 1.99. The van der Waals surface area contributed by atoms with Crippen LogP contribution in [-0.4, -0.2) is 5.24 Å². The van der Waals surface area contributed by atoms with Gasteiger partial charge in [-0.15, -0.1) is 0 Å². The topological polar surface area (TPSA) is 17.1 Å². The molecular formula is C9H5BrClF3O. The van der Waals surface area contributed by atoms with Gasteiger partial charge < -0.3 is 0 Å². The third-order valence-corrected chi connectivity index (χ3v) is 2.45. The highest BCUT2D eigenvalue weighted by atomic mass is 79.9. The van der Waals surface area contributed by atoms with Crippen LogP contribution in [0, 0.1) is 6.92 Å². The number of benzene rings is 1. The molecule has 0 fully saturated rings. The van der Waals surface area contributed by atoms with Crippen molar-refractivity contribution in [2.75, 3.05) is 0 Å². The van der Waals surface area contributed by atoms with E-state index in [2.05, 4.69) is 15.9 Å². The molecule has 0 aliphatic carbocycles. The molecule has 1 aromatic carbocycles. The van der Waals surface area contributed by atoms with Gasteiger partial charge in [-0.05, 0) is 36.2 Å². The molecule has 0 atom stereocenters. The summed E-state index contributed by atoms with van der Waals surface area (Å²) in [4.78, 5) is 10.9. The number of rotatable bonds is 1. The second kappa shape index (κ2) is 4.14. The average molecular weight is 301 g/mol. The highest BCUT2D eigenvalue weighted by Crippen LogP contribution is 2.36. The van der Waals surface area contributed by atoms with Gasteiger partial charge in [0.05, 0.1) is 5.56 Å². The Bertz CT molecular complexity index is 415. The summed E-state index contributed by atoms with van der Waals surface area (Å²) in [6, 6.07) is 2.24. The molecule has 0 radical (unpaired) electrons. The van der Waals surface area contributed by atoms with Crippen molar-refractivity contribution in [2.45, 2.75) is 13.1 Å². The van der Waals surface area contributed by atoms with Crippen LogP contribution < -0.4 is 0 Å². The Morgan fingerprint density at radius 2 is 1.93 bits per heavy atom. The van der Waals surface area contributed by atoms with E-state index in [-0.39, 0.29) is 10.0 Å². The minimum atomic E-state index is -4.59. The molecule has 0 spiro atoms. The quantitative estimate of drug-likeness (QED) is 0.712. The maximum absolute atomic E-state index is 12.5. The van der Waals surface area contributed by atoms with Crippen LogP contribution >= 0.6 is 27.5 Å². The normalized spacial score (nSPS) is 11.6. The molecule has 0 aromatic heterocycles. The molecule has 0 amide bonds. The predicted molar refractivity (Wildman–Crippen MR) is 54.1 cm³/mol. The number of hydrogen-bond donors (Lipinski definition) is 0. The monoisotopic (exact) mass is 300 g/mol. The van der Waals surface area contributed by atoms with Crippen LogP contribution in [-0.2, 0) is 6.18 Å². The maximum Gasteiger partial charge on any atom is 0.417 e. The number of carbonyl (C=O) groups is 1. The van der Waals surface area contributed by atoms with Crippen molar-refractivity contribution >= 4 is 32.8 Å². The zero-order chi connectivity index (χ0) is 11.8. The van der Waals surface area contributed by atoms with Crippen molar-refractivity contribution in [1.29, 1.82) is 0 Å². The molecule has 0 N–H and O–H groups in total. The first-order valence-corrected chi connectivity index (χ1v) is 4.97. The van der Waals surface area contributed by atoms with Crippen molar-refractivity contribution < 1.29 is 18.0 Å². The Hall–Kier alpha value is -0.550. The Labute approximate surface area is 97.4 Å². The van der Waals surface area contributed by atoms with Crippen molar-refractivity contribution in [3.8, 4) is 0 Å². The fourth-order valence-electron chi connectivity index (χ4n) is 1.23. The lowest BCUT2D eigenvalue weighted by atomic mass is 10.0. The van der Waals surface area contributed by atoms with Gasteiger partial charge in [-0.2, -0.15) is 13.2 Å². The molecular weight excluding hydrogens is 296 g/mol. The molecule has 82 valence electrons. The fourth-order valence-corrected chi connectivity index (χ4v) is 2.05. The molecule has 0 saturated carbocycles. The smallest absolute Gasteiger partial charge is 0.276 e. The van der Waals surface area contributed by atoms with Gasteiger partial charge in [0, 0.05) is 10.0 Å². The van der Waals surface area contributed by atoms with E-state index in [1.807, 2.05) is 0 Å². The van der Waals surface area contributed by atoms with E-state index in [1.165, 1.54) is 13.0 Å². The van der Waals surface area contributed by atoms with Gasteiger partial charge in [0.25, 0.3) is 5.24 Å². The molecule has 0 saturated heterocycles. The molecule has 6 heteroatoms. The van der Waals surface area contributed by atoms with Gasteiger partial charge in [0.15, 0.2) is 0 Å². The van der Waals surface area contributed by atoms with Gasteiger partial charge in [0.1, 0.15) is 0 Å².